The number of aryl methyl sites for hydroxylation is 2. The van der Waals surface area contributed by atoms with E-state index >= 15 is 0 Å². The van der Waals surface area contributed by atoms with Crippen LogP contribution in [0, 0.1) is 0 Å². The average Bonchev–Trinajstić information content (AvgIpc) is 3.06. The Balaban J connectivity index is 1.62. The Hall–Kier alpha value is -2.53. The Kier molecular flexibility index (Phi) is 6.80. The molecule has 0 spiro atoms. The van der Waals surface area contributed by atoms with Gasteiger partial charge >= 0.3 is 6.09 Å². The van der Waals surface area contributed by atoms with Crippen LogP contribution >= 0.6 is 0 Å². The van der Waals surface area contributed by atoms with E-state index in [0.29, 0.717) is 13.0 Å². The number of nitrogens with zero attached hydrogens (tertiary/aromatic N) is 1. The highest BCUT2D eigenvalue weighted by atomic mass is 16.6. The van der Waals surface area contributed by atoms with Gasteiger partial charge in [-0.05, 0) is 57.2 Å². The van der Waals surface area contributed by atoms with Crippen molar-refractivity contribution < 1.29 is 19.4 Å². The van der Waals surface area contributed by atoms with Gasteiger partial charge in [-0.3, -0.25) is 4.90 Å². The van der Waals surface area contributed by atoms with Crippen molar-refractivity contribution in [2.45, 2.75) is 57.8 Å². The van der Waals surface area contributed by atoms with Crippen molar-refractivity contribution >= 4 is 6.09 Å². The van der Waals surface area contributed by atoms with Crippen molar-refractivity contribution in [2.75, 3.05) is 13.2 Å². The van der Waals surface area contributed by atoms with E-state index in [4.69, 9.17) is 9.47 Å². The van der Waals surface area contributed by atoms with E-state index in [1.165, 1.54) is 5.56 Å². The lowest BCUT2D eigenvalue weighted by Gasteiger charge is -2.28. The predicted octanol–water partition coefficient (Wildman–Crippen LogP) is 4.22. The van der Waals surface area contributed by atoms with E-state index in [2.05, 4.69) is 18.2 Å². The fourth-order valence-electron chi connectivity index (χ4n) is 3.55. The fraction of sp³-hybridized carbons (Fsp3) is 0.458. The summed E-state index contributed by atoms with van der Waals surface area (Å²) in [6.07, 6.45) is 1.35. The summed E-state index contributed by atoms with van der Waals surface area (Å²) in [6, 6.07) is 18.2. The maximum Gasteiger partial charge on any atom is 0.410 e. The van der Waals surface area contributed by atoms with Gasteiger partial charge in [-0.2, -0.15) is 0 Å². The number of hydrogen-bond acceptors (Lipinski definition) is 4. The van der Waals surface area contributed by atoms with Gasteiger partial charge in [0.05, 0.1) is 18.7 Å². The van der Waals surface area contributed by atoms with Crippen LogP contribution < -0.4 is 4.74 Å². The average molecular weight is 398 g/mol. The molecule has 1 N–H and O–H groups in total. The molecule has 29 heavy (non-hydrogen) atoms. The van der Waals surface area contributed by atoms with Crippen LogP contribution in [0.15, 0.2) is 54.6 Å². The molecule has 0 bridgehead atoms. The number of amides is 1. The maximum absolute atomic E-state index is 12.5. The number of β-amino-alcohol motifs (C(OH)–C–C–N with tert-alkyl or cyclic N) is 1. The number of likely N-dealkylation sites (tertiary alicyclic amines) is 1. The molecule has 2 aromatic carbocycles. The molecule has 0 radical (unpaired) electrons. The predicted molar refractivity (Wildman–Crippen MR) is 113 cm³/mol. The zero-order valence-electron chi connectivity index (χ0n) is 17.5. The first-order valence-corrected chi connectivity index (χ1v) is 10.2. The molecule has 1 saturated heterocycles. The molecule has 5 heteroatoms. The van der Waals surface area contributed by atoms with E-state index in [1.54, 1.807) is 4.90 Å². The Morgan fingerprint density at radius 1 is 1.07 bits per heavy atom. The summed E-state index contributed by atoms with van der Waals surface area (Å²) in [5.74, 6) is 0.828. The molecule has 1 heterocycles. The largest absolute Gasteiger partial charge is 0.491 e. The lowest BCUT2D eigenvalue weighted by molar-refractivity contribution is 0.0173. The van der Waals surface area contributed by atoms with E-state index < -0.39 is 17.8 Å². The molecule has 0 saturated carbocycles. The molecule has 1 unspecified atom stereocenters. The van der Waals surface area contributed by atoms with Crippen molar-refractivity contribution in [3.63, 3.8) is 0 Å². The normalized spacial score (nSPS) is 19.2. The summed E-state index contributed by atoms with van der Waals surface area (Å²) in [6.45, 7) is 6.13. The van der Waals surface area contributed by atoms with Crippen molar-refractivity contribution in [1.82, 2.24) is 4.90 Å². The highest BCUT2D eigenvalue weighted by Gasteiger charge is 2.37. The topological polar surface area (TPSA) is 59.0 Å². The molecule has 1 amide bonds. The minimum atomic E-state index is -0.569. The van der Waals surface area contributed by atoms with E-state index in [1.807, 2.05) is 57.2 Å². The molecule has 2 aromatic rings. The number of para-hydroxylation sites is 1. The van der Waals surface area contributed by atoms with Crippen LogP contribution in [0.25, 0.3) is 0 Å². The van der Waals surface area contributed by atoms with E-state index in [-0.39, 0.29) is 12.6 Å². The molecule has 2 atom stereocenters. The van der Waals surface area contributed by atoms with Crippen LogP contribution in [-0.4, -0.2) is 47.0 Å². The summed E-state index contributed by atoms with van der Waals surface area (Å²) in [5, 5.41) is 10.1. The molecule has 0 aromatic heterocycles. The first-order valence-electron chi connectivity index (χ1n) is 10.2. The first-order chi connectivity index (χ1) is 13.8. The summed E-state index contributed by atoms with van der Waals surface area (Å²) < 4.78 is 11.6. The smallest absolute Gasteiger partial charge is 0.410 e. The number of aliphatic hydroxyl groups is 1. The SMILES string of the molecule is CC(C)(C)OC(=O)N1C[C@H](O)CC1COc1ccccc1CCc1ccccc1. The number of carbonyl (C=O) groups excluding carboxylic acids is 1. The van der Waals surface area contributed by atoms with Crippen LogP contribution in [0.4, 0.5) is 4.79 Å². The van der Waals surface area contributed by atoms with Gasteiger partial charge in [0.1, 0.15) is 18.0 Å². The third-order valence-electron chi connectivity index (χ3n) is 4.95. The summed E-state index contributed by atoms with van der Waals surface area (Å²) in [4.78, 5) is 14.1. The van der Waals surface area contributed by atoms with Crippen LogP contribution in [0.5, 0.6) is 5.75 Å². The van der Waals surface area contributed by atoms with E-state index in [9.17, 15) is 9.90 Å². The molecule has 3 rings (SSSR count). The van der Waals surface area contributed by atoms with Gasteiger partial charge < -0.3 is 14.6 Å². The number of aliphatic hydroxyl groups excluding tert-OH is 1. The fourth-order valence-corrected chi connectivity index (χ4v) is 3.55. The monoisotopic (exact) mass is 397 g/mol. The third kappa shape index (κ3) is 6.23. The second-order valence-electron chi connectivity index (χ2n) is 8.58. The minimum absolute atomic E-state index is 0.206. The molecule has 156 valence electrons. The highest BCUT2D eigenvalue weighted by Crippen LogP contribution is 2.25. The Bertz CT molecular complexity index is 800. The van der Waals surface area contributed by atoms with Gasteiger partial charge in [0.2, 0.25) is 0 Å². The van der Waals surface area contributed by atoms with Crippen LogP contribution in [0.1, 0.15) is 38.3 Å². The van der Waals surface area contributed by atoms with Crippen molar-refractivity contribution in [1.29, 1.82) is 0 Å². The van der Waals surface area contributed by atoms with Gasteiger partial charge in [0, 0.05) is 0 Å². The molecular formula is C24H31NO4. The van der Waals surface area contributed by atoms with Gasteiger partial charge in [0.25, 0.3) is 0 Å². The molecule has 0 aliphatic carbocycles. The Morgan fingerprint density at radius 2 is 1.76 bits per heavy atom. The lowest BCUT2D eigenvalue weighted by atomic mass is 10.0. The molecular weight excluding hydrogens is 366 g/mol. The zero-order valence-corrected chi connectivity index (χ0v) is 17.5. The zero-order chi connectivity index (χ0) is 20.9. The Labute approximate surface area is 173 Å². The number of benzene rings is 2. The molecule has 1 aliphatic rings. The minimum Gasteiger partial charge on any atom is -0.491 e. The quantitative estimate of drug-likeness (QED) is 0.793. The van der Waals surface area contributed by atoms with Crippen LogP contribution in [0.3, 0.4) is 0 Å². The molecule has 5 nitrogen and oxygen atoms in total. The maximum atomic E-state index is 12.5. The molecule has 1 fully saturated rings. The standard InChI is InChI=1S/C24H31NO4/c1-24(2,3)29-23(27)25-16-21(26)15-20(25)17-28-22-12-8-7-11-19(22)14-13-18-9-5-4-6-10-18/h4-12,20-21,26H,13-17H2,1-3H3/t20?,21-/m1/s1. The number of carbonyl (C=O) groups is 1. The van der Waals surface area contributed by atoms with Crippen molar-refractivity contribution in [3.05, 3.63) is 65.7 Å². The van der Waals surface area contributed by atoms with Gasteiger partial charge in [-0.25, -0.2) is 4.79 Å². The van der Waals surface area contributed by atoms with Gasteiger partial charge in [-0.15, -0.1) is 0 Å². The second-order valence-corrected chi connectivity index (χ2v) is 8.58. The first kappa shape index (κ1) is 21.2. The third-order valence-corrected chi connectivity index (χ3v) is 4.95. The van der Waals surface area contributed by atoms with Gasteiger partial charge in [-0.1, -0.05) is 48.5 Å². The van der Waals surface area contributed by atoms with Crippen LogP contribution in [-0.2, 0) is 17.6 Å². The number of ether oxygens (including phenoxy) is 2. The van der Waals surface area contributed by atoms with Gasteiger partial charge in [0.15, 0.2) is 0 Å². The number of rotatable bonds is 6. The second kappa shape index (κ2) is 9.31. The molecule has 1 aliphatic heterocycles. The Morgan fingerprint density at radius 3 is 2.48 bits per heavy atom. The number of hydrogen-bond donors (Lipinski definition) is 1. The lowest BCUT2D eigenvalue weighted by Crippen LogP contribution is -2.42. The van der Waals surface area contributed by atoms with Crippen molar-refractivity contribution in [3.8, 4) is 5.75 Å². The van der Waals surface area contributed by atoms with Crippen molar-refractivity contribution in [2.24, 2.45) is 0 Å². The van der Waals surface area contributed by atoms with Crippen LogP contribution in [0.2, 0.25) is 0 Å². The van der Waals surface area contributed by atoms with E-state index in [0.717, 1.165) is 24.2 Å². The summed E-state index contributed by atoms with van der Waals surface area (Å²) >= 11 is 0. The summed E-state index contributed by atoms with van der Waals surface area (Å²) in [7, 11) is 0. The summed E-state index contributed by atoms with van der Waals surface area (Å²) in [5.41, 5.74) is 1.86. The highest BCUT2D eigenvalue weighted by molar-refractivity contribution is 5.69.